The van der Waals surface area contributed by atoms with Crippen LogP contribution in [0.3, 0.4) is 0 Å². The molecule has 2 aromatic carbocycles. The van der Waals surface area contributed by atoms with Gasteiger partial charge in [0.1, 0.15) is 18.2 Å². The lowest BCUT2D eigenvalue weighted by molar-refractivity contribution is 0.0992. The third-order valence-corrected chi connectivity index (χ3v) is 5.23. The van der Waals surface area contributed by atoms with Gasteiger partial charge in [0, 0.05) is 13.1 Å². The Labute approximate surface area is 180 Å². The fraction of sp³-hybridized carbons (Fsp3) is 0.292. The van der Waals surface area contributed by atoms with Crippen molar-refractivity contribution in [1.82, 2.24) is 0 Å². The molecule has 1 N–H and O–H groups in total. The van der Waals surface area contributed by atoms with E-state index < -0.39 is 11.7 Å². The smallest absolute Gasteiger partial charge is 0.291 e. The zero-order valence-corrected chi connectivity index (χ0v) is 17.4. The predicted octanol–water partition coefficient (Wildman–Crippen LogP) is 5.25. The highest BCUT2D eigenvalue weighted by atomic mass is 19.1. The number of piperidine rings is 1. The van der Waals surface area contributed by atoms with E-state index in [2.05, 4.69) is 10.2 Å². The van der Waals surface area contributed by atoms with Crippen LogP contribution in [0.4, 0.5) is 15.8 Å². The molecule has 0 atom stereocenters. The number of benzene rings is 2. The van der Waals surface area contributed by atoms with E-state index >= 15 is 0 Å². The third kappa shape index (κ3) is 4.99. The summed E-state index contributed by atoms with van der Waals surface area (Å²) in [6, 6.07) is 15.0. The monoisotopic (exact) mass is 424 g/mol. The van der Waals surface area contributed by atoms with Crippen LogP contribution >= 0.6 is 0 Å². The van der Waals surface area contributed by atoms with E-state index in [4.69, 9.17) is 13.9 Å². The van der Waals surface area contributed by atoms with Crippen LogP contribution in [0, 0.1) is 5.82 Å². The minimum atomic E-state index is -0.438. The number of carbonyl (C=O) groups is 1. The molecule has 3 aromatic rings. The number of para-hydroxylation sites is 2. The van der Waals surface area contributed by atoms with Gasteiger partial charge in [-0.2, -0.15) is 0 Å². The van der Waals surface area contributed by atoms with Gasteiger partial charge in [-0.1, -0.05) is 12.1 Å². The molecule has 0 radical (unpaired) electrons. The number of carbonyl (C=O) groups excluding carboxylic acids is 1. The number of methoxy groups -OCH3 is 1. The molecule has 1 aliphatic rings. The van der Waals surface area contributed by atoms with Gasteiger partial charge in [0.25, 0.3) is 5.91 Å². The second kappa shape index (κ2) is 9.55. The quantitative estimate of drug-likeness (QED) is 0.561. The van der Waals surface area contributed by atoms with Crippen LogP contribution < -0.4 is 19.7 Å². The van der Waals surface area contributed by atoms with Gasteiger partial charge >= 0.3 is 0 Å². The summed E-state index contributed by atoms with van der Waals surface area (Å²) in [5.41, 5.74) is 1.26. The van der Waals surface area contributed by atoms with Crippen LogP contribution in [0.5, 0.6) is 11.5 Å². The number of nitrogens with one attached hydrogen (secondary N) is 1. The first-order valence-corrected chi connectivity index (χ1v) is 10.3. The summed E-state index contributed by atoms with van der Waals surface area (Å²) in [4.78, 5) is 14.9. The average molecular weight is 424 g/mol. The third-order valence-electron chi connectivity index (χ3n) is 5.23. The SMILES string of the molecule is COc1ccccc1OCc1ccc(C(=O)Nc2cc(F)ccc2N2CCCCC2)o1. The molecule has 162 valence electrons. The highest BCUT2D eigenvalue weighted by molar-refractivity contribution is 6.04. The fourth-order valence-corrected chi connectivity index (χ4v) is 3.67. The zero-order chi connectivity index (χ0) is 21.6. The highest BCUT2D eigenvalue weighted by Crippen LogP contribution is 2.30. The first kappa shape index (κ1) is 20.8. The number of rotatable bonds is 7. The van der Waals surface area contributed by atoms with E-state index in [1.807, 2.05) is 12.1 Å². The van der Waals surface area contributed by atoms with Crippen LogP contribution in [-0.4, -0.2) is 26.1 Å². The Hall–Kier alpha value is -3.48. The lowest BCUT2D eigenvalue weighted by Crippen LogP contribution is -2.30. The summed E-state index contributed by atoms with van der Waals surface area (Å²) in [7, 11) is 1.57. The molecule has 6 nitrogen and oxygen atoms in total. The van der Waals surface area contributed by atoms with Gasteiger partial charge in [0.05, 0.1) is 18.5 Å². The zero-order valence-electron chi connectivity index (χ0n) is 17.4. The van der Waals surface area contributed by atoms with E-state index in [1.54, 1.807) is 37.4 Å². The summed E-state index contributed by atoms with van der Waals surface area (Å²) in [6.45, 7) is 1.92. The number of anilines is 2. The molecule has 1 amide bonds. The minimum absolute atomic E-state index is 0.132. The normalized spacial score (nSPS) is 13.7. The molecule has 0 unspecified atom stereocenters. The maximum absolute atomic E-state index is 13.9. The Morgan fingerprint density at radius 1 is 1.06 bits per heavy atom. The van der Waals surface area contributed by atoms with Crippen LogP contribution in [-0.2, 0) is 6.61 Å². The van der Waals surface area contributed by atoms with Crippen molar-refractivity contribution >= 4 is 17.3 Å². The summed E-state index contributed by atoms with van der Waals surface area (Å²) >= 11 is 0. The summed E-state index contributed by atoms with van der Waals surface area (Å²) in [5.74, 6) is 0.981. The van der Waals surface area contributed by atoms with Crippen LogP contribution in [0.15, 0.2) is 59.0 Å². The minimum Gasteiger partial charge on any atom is -0.493 e. The van der Waals surface area contributed by atoms with E-state index in [0.29, 0.717) is 22.9 Å². The second-order valence-corrected chi connectivity index (χ2v) is 7.37. The maximum atomic E-state index is 13.9. The van der Waals surface area contributed by atoms with Crippen molar-refractivity contribution in [2.45, 2.75) is 25.9 Å². The molecule has 2 heterocycles. The number of furan rings is 1. The van der Waals surface area contributed by atoms with Gasteiger partial charge in [0.2, 0.25) is 0 Å². The number of ether oxygens (including phenoxy) is 2. The number of hydrogen-bond acceptors (Lipinski definition) is 5. The first-order chi connectivity index (χ1) is 15.1. The second-order valence-electron chi connectivity index (χ2n) is 7.37. The van der Waals surface area contributed by atoms with Crippen molar-refractivity contribution in [2.24, 2.45) is 0 Å². The lowest BCUT2D eigenvalue weighted by atomic mass is 10.1. The van der Waals surface area contributed by atoms with Gasteiger partial charge in [0.15, 0.2) is 17.3 Å². The standard InChI is InChI=1S/C24H25FN2O4/c1-29-21-7-3-4-8-22(21)30-16-18-10-12-23(31-18)24(28)26-19-15-17(25)9-11-20(19)27-13-5-2-6-14-27/h3-4,7-12,15H,2,5-6,13-14,16H2,1H3,(H,26,28). The summed E-state index contributed by atoms with van der Waals surface area (Å²) in [5, 5.41) is 2.80. The Kier molecular flexibility index (Phi) is 6.40. The first-order valence-electron chi connectivity index (χ1n) is 10.3. The van der Waals surface area contributed by atoms with E-state index in [1.165, 1.54) is 18.6 Å². The molecule has 0 spiro atoms. The van der Waals surface area contributed by atoms with Crippen molar-refractivity contribution in [1.29, 1.82) is 0 Å². The van der Waals surface area contributed by atoms with Crippen molar-refractivity contribution in [3.05, 3.63) is 71.9 Å². The molecule has 1 aromatic heterocycles. The van der Waals surface area contributed by atoms with Gasteiger partial charge in [-0.05, 0) is 61.7 Å². The molecule has 0 aliphatic carbocycles. The van der Waals surface area contributed by atoms with Crippen molar-refractivity contribution in [2.75, 3.05) is 30.4 Å². The molecule has 1 fully saturated rings. The fourth-order valence-electron chi connectivity index (χ4n) is 3.67. The Morgan fingerprint density at radius 3 is 2.61 bits per heavy atom. The van der Waals surface area contributed by atoms with Crippen molar-refractivity contribution < 1.29 is 23.1 Å². The lowest BCUT2D eigenvalue weighted by Gasteiger charge is -2.30. The van der Waals surface area contributed by atoms with Gasteiger partial charge in [-0.25, -0.2) is 4.39 Å². The van der Waals surface area contributed by atoms with Gasteiger partial charge < -0.3 is 24.1 Å². The Balaban J connectivity index is 1.44. The van der Waals surface area contributed by atoms with Crippen molar-refractivity contribution in [3.63, 3.8) is 0 Å². The molecular weight excluding hydrogens is 399 g/mol. The predicted molar refractivity (Wildman–Crippen MR) is 116 cm³/mol. The molecule has 1 saturated heterocycles. The average Bonchev–Trinajstić information content (AvgIpc) is 3.28. The molecular formula is C24H25FN2O4. The molecule has 4 rings (SSSR count). The van der Waals surface area contributed by atoms with E-state index in [0.717, 1.165) is 31.6 Å². The van der Waals surface area contributed by atoms with Crippen LogP contribution in [0.2, 0.25) is 0 Å². The van der Waals surface area contributed by atoms with Crippen molar-refractivity contribution in [3.8, 4) is 11.5 Å². The molecule has 7 heteroatoms. The molecule has 1 aliphatic heterocycles. The highest BCUT2D eigenvalue weighted by Gasteiger charge is 2.19. The van der Waals surface area contributed by atoms with Crippen LogP contribution in [0.25, 0.3) is 0 Å². The molecule has 31 heavy (non-hydrogen) atoms. The van der Waals surface area contributed by atoms with Gasteiger partial charge in [-0.15, -0.1) is 0 Å². The molecule has 0 bridgehead atoms. The summed E-state index contributed by atoms with van der Waals surface area (Å²) in [6.07, 6.45) is 3.35. The number of halogens is 1. The topological polar surface area (TPSA) is 63.9 Å². The Bertz CT molecular complexity index is 1040. The number of hydrogen-bond donors (Lipinski definition) is 1. The summed E-state index contributed by atoms with van der Waals surface area (Å²) < 4.78 is 30.5. The van der Waals surface area contributed by atoms with Gasteiger partial charge in [-0.3, -0.25) is 4.79 Å². The largest absolute Gasteiger partial charge is 0.493 e. The maximum Gasteiger partial charge on any atom is 0.291 e. The Morgan fingerprint density at radius 2 is 1.84 bits per heavy atom. The number of nitrogens with zero attached hydrogens (tertiary/aromatic N) is 1. The van der Waals surface area contributed by atoms with Crippen LogP contribution in [0.1, 0.15) is 35.6 Å². The molecule has 0 saturated carbocycles. The number of amides is 1. The van der Waals surface area contributed by atoms with E-state index in [-0.39, 0.29) is 12.4 Å². The van der Waals surface area contributed by atoms with E-state index in [9.17, 15) is 9.18 Å².